The molecule has 0 amide bonds. The molecular formula is C10H12FNO3. The number of rotatable bonds is 2. The van der Waals surface area contributed by atoms with Gasteiger partial charge in [0.25, 0.3) is 0 Å². The third kappa shape index (κ3) is 1.94. The molecule has 2 rings (SSSR count). The van der Waals surface area contributed by atoms with Crippen molar-refractivity contribution >= 4 is 0 Å². The standard InChI is InChI=1S/C10H12FNO3/c11-8-2-6(9(13)3-12)1-7-4-14-5-15-10(7)8/h1-2,9,13H,3-5,12H2. The molecule has 0 fully saturated rings. The predicted octanol–water partition coefficient (Wildman–Crippen LogP) is 0.684. The highest BCUT2D eigenvalue weighted by Crippen LogP contribution is 2.30. The monoisotopic (exact) mass is 213 g/mol. The zero-order valence-electron chi connectivity index (χ0n) is 8.07. The fourth-order valence-corrected chi connectivity index (χ4v) is 1.52. The summed E-state index contributed by atoms with van der Waals surface area (Å²) in [5, 5.41) is 9.48. The fraction of sp³-hybridized carbons (Fsp3) is 0.400. The van der Waals surface area contributed by atoms with E-state index in [1.807, 2.05) is 0 Å². The first-order valence-electron chi connectivity index (χ1n) is 4.63. The van der Waals surface area contributed by atoms with Crippen LogP contribution in [0.2, 0.25) is 0 Å². The average Bonchev–Trinajstić information content (AvgIpc) is 2.28. The summed E-state index contributed by atoms with van der Waals surface area (Å²) in [4.78, 5) is 0. The summed E-state index contributed by atoms with van der Waals surface area (Å²) in [5.41, 5.74) is 6.34. The van der Waals surface area contributed by atoms with Gasteiger partial charge in [0.15, 0.2) is 18.4 Å². The molecule has 0 bridgehead atoms. The zero-order chi connectivity index (χ0) is 10.8. The average molecular weight is 213 g/mol. The van der Waals surface area contributed by atoms with Crippen LogP contribution < -0.4 is 10.5 Å². The van der Waals surface area contributed by atoms with Crippen LogP contribution in [0.15, 0.2) is 12.1 Å². The third-order valence-electron chi connectivity index (χ3n) is 2.30. The maximum Gasteiger partial charge on any atom is 0.189 e. The van der Waals surface area contributed by atoms with Gasteiger partial charge in [0.1, 0.15) is 0 Å². The number of ether oxygens (including phenoxy) is 2. The van der Waals surface area contributed by atoms with Gasteiger partial charge < -0.3 is 20.3 Å². The summed E-state index contributed by atoms with van der Waals surface area (Å²) in [6.07, 6.45) is -0.855. The van der Waals surface area contributed by atoms with Crippen LogP contribution in [-0.4, -0.2) is 18.4 Å². The van der Waals surface area contributed by atoms with Crippen molar-refractivity contribution in [1.29, 1.82) is 0 Å². The highest BCUT2D eigenvalue weighted by Gasteiger charge is 2.18. The number of nitrogens with two attached hydrogens (primary N) is 1. The summed E-state index contributed by atoms with van der Waals surface area (Å²) >= 11 is 0. The SMILES string of the molecule is NCC(O)c1cc(F)c2c(c1)COCO2. The number of aliphatic hydroxyl groups excluding tert-OH is 1. The van der Waals surface area contributed by atoms with Crippen LogP contribution in [0, 0.1) is 5.82 Å². The van der Waals surface area contributed by atoms with E-state index in [0.717, 1.165) is 0 Å². The molecule has 5 heteroatoms. The Bertz CT molecular complexity index is 370. The molecule has 1 aromatic carbocycles. The summed E-state index contributed by atoms with van der Waals surface area (Å²) in [7, 11) is 0. The molecule has 0 spiro atoms. The van der Waals surface area contributed by atoms with E-state index >= 15 is 0 Å². The van der Waals surface area contributed by atoms with Crippen LogP contribution in [-0.2, 0) is 11.3 Å². The van der Waals surface area contributed by atoms with E-state index < -0.39 is 11.9 Å². The van der Waals surface area contributed by atoms with Crippen LogP contribution in [0.1, 0.15) is 17.2 Å². The highest BCUT2D eigenvalue weighted by molar-refractivity contribution is 5.39. The second kappa shape index (κ2) is 4.14. The second-order valence-electron chi connectivity index (χ2n) is 3.35. The van der Waals surface area contributed by atoms with Gasteiger partial charge in [0.2, 0.25) is 0 Å². The van der Waals surface area contributed by atoms with Gasteiger partial charge in [-0.2, -0.15) is 0 Å². The summed E-state index contributed by atoms with van der Waals surface area (Å²) in [6.45, 7) is 0.403. The molecule has 4 nitrogen and oxygen atoms in total. The van der Waals surface area contributed by atoms with Gasteiger partial charge in [-0.05, 0) is 17.7 Å². The van der Waals surface area contributed by atoms with E-state index in [-0.39, 0.29) is 25.7 Å². The van der Waals surface area contributed by atoms with E-state index in [9.17, 15) is 9.50 Å². The lowest BCUT2D eigenvalue weighted by atomic mass is 10.0. The molecule has 1 heterocycles. The van der Waals surface area contributed by atoms with Crippen molar-refractivity contribution in [3.63, 3.8) is 0 Å². The molecule has 0 aliphatic carbocycles. The number of halogens is 1. The molecule has 82 valence electrons. The number of hydrogen-bond donors (Lipinski definition) is 2. The Morgan fingerprint density at radius 3 is 3.07 bits per heavy atom. The maximum absolute atomic E-state index is 13.5. The number of hydrogen-bond acceptors (Lipinski definition) is 4. The topological polar surface area (TPSA) is 64.7 Å². The molecule has 0 saturated heterocycles. The van der Waals surface area contributed by atoms with Crippen molar-refractivity contribution in [1.82, 2.24) is 0 Å². The molecule has 1 atom stereocenters. The molecule has 1 unspecified atom stereocenters. The van der Waals surface area contributed by atoms with Crippen LogP contribution in [0.25, 0.3) is 0 Å². The minimum absolute atomic E-state index is 0.0555. The molecular weight excluding hydrogens is 201 g/mol. The maximum atomic E-state index is 13.5. The van der Waals surface area contributed by atoms with Crippen LogP contribution in [0.5, 0.6) is 5.75 Å². The number of fused-ring (bicyclic) bond motifs is 1. The minimum atomic E-state index is -0.855. The highest BCUT2D eigenvalue weighted by atomic mass is 19.1. The summed E-state index contributed by atoms with van der Waals surface area (Å²) in [5.74, 6) is -0.285. The predicted molar refractivity (Wildman–Crippen MR) is 50.7 cm³/mol. The summed E-state index contributed by atoms with van der Waals surface area (Å²) in [6, 6.07) is 2.89. The molecule has 3 N–H and O–H groups in total. The van der Waals surface area contributed by atoms with Crippen molar-refractivity contribution in [2.24, 2.45) is 5.73 Å². The molecule has 0 aromatic heterocycles. The van der Waals surface area contributed by atoms with Gasteiger partial charge in [0, 0.05) is 12.1 Å². The normalized spacial score (nSPS) is 16.7. The van der Waals surface area contributed by atoms with E-state index in [2.05, 4.69) is 0 Å². The van der Waals surface area contributed by atoms with Crippen molar-refractivity contribution in [2.45, 2.75) is 12.7 Å². The zero-order valence-corrected chi connectivity index (χ0v) is 8.07. The Labute approximate surface area is 86.4 Å². The van der Waals surface area contributed by atoms with Gasteiger partial charge in [-0.15, -0.1) is 0 Å². The van der Waals surface area contributed by atoms with Crippen molar-refractivity contribution in [3.05, 3.63) is 29.1 Å². The van der Waals surface area contributed by atoms with Crippen molar-refractivity contribution < 1.29 is 19.0 Å². The quantitative estimate of drug-likeness (QED) is 0.758. The van der Waals surface area contributed by atoms with Crippen molar-refractivity contribution in [3.8, 4) is 5.75 Å². The van der Waals surface area contributed by atoms with Gasteiger partial charge in [0.05, 0.1) is 12.7 Å². The first-order chi connectivity index (χ1) is 7.22. The van der Waals surface area contributed by atoms with Crippen LogP contribution in [0.4, 0.5) is 4.39 Å². The van der Waals surface area contributed by atoms with E-state index in [4.69, 9.17) is 15.2 Å². The molecule has 1 aliphatic heterocycles. The second-order valence-corrected chi connectivity index (χ2v) is 3.35. The molecule has 0 radical (unpaired) electrons. The number of benzene rings is 1. The Kier molecular flexibility index (Phi) is 2.86. The number of aliphatic hydroxyl groups is 1. The lowest BCUT2D eigenvalue weighted by Crippen LogP contribution is -2.16. The van der Waals surface area contributed by atoms with Gasteiger partial charge in [-0.1, -0.05) is 0 Å². The Morgan fingerprint density at radius 2 is 2.33 bits per heavy atom. The Morgan fingerprint density at radius 1 is 1.53 bits per heavy atom. The minimum Gasteiger partial charge on any atom is -0.464 e. The van der Waals surface area contributed by atoms with Crippen LogP contribution in [0.3, 0.4) is 0 Å². The molecule has 1 aliphatic rings. The molecule has 15 heavy (non-hydrogen) atoms. The summed E-state index contributed by atoms with van der Waals surface area (Å²) < 4.78 is 23.5. The fourth-order valence-electron chi connectivity index (χ4n) is 1.52. The smallest absolute Gasteiger partial charge is 0.189 e. The Hall–Kier alpha value is -1.17. The molecule has 0 saturated carbocycles. The van der Waals surface area contributed by atoms with E-state index in [1.54, 1.807) is 6.07 Å². The lowest BCUT2D eigenvalue weighted by Gasteiger charge is -2.20. The molecule has 1 aromatic rings. The third-order valence-corrected chi connectivity index (χ3v) is 2.30. The Balaban J connectivity index is 2.40. The largest absolute Gasteiger partial charge is 0.464 e. The van der Waals surface area contributed by atoms with Gasteiger partial charge in [-0.3, -0.25) is 0 Å². The van der Waals surface area contributed by atoms with Gasteiger partial charge in [-0.25, -0.2) is 4.39 Å². The van der Waals surface area contributed by atoms with Crippen molar-refractivity contribution in [2.75, 3.05) is 13.3 Å². The van der Waals surface area contributed by atoms with Gasteiger partial charge >= 0.3 is 0 Å². The first-order valence-corrected chi connectivity index (χ1v) is 4.63. The lowest BCUT2D eigenvalue weighted by molar-refractivity contribution is -0.0192. The first kappa shape index (κ1) is 10.4. The van der Waals surface area contributed by atoms with E-state index in [1.165, 1.54) is 6.07 Å². The van der Waals surface area contributed by atoms with E-state index in [0.29, 0.717) is 11.1 Å². The van der Waals surface area contributed by atoms with Crippen LogP contribution >= 0.6 is 0 Å².